The smallest absolute Gasteiger partial charge is 0.202 e. The first kappa shape index (κ1) is 17.0. The van der Waals surface area contributed by atoms with E-state index in [1.165, 1.54) is 19.4 Å². The monoisotopic (exact) mass is 280 g/mol. The van der Waals surface area contributed by atoms with Crippen molar-refractivity contribution in [1.29, 1.82) is 0 Å². The van der Waals surface area contributed by atoms with Crippen molar-refractivity contribution in [3.63, 3.8) is 0 Å². The van der Waals surface area contributed by atoms with Crippen molar-refractivity contribution in [2.24, 2.45) is 5.92 Å². The highest BCUT2D eigenvalue weighted by Gasteiger charge is 2.08. The summed E-state index contributed by atoms with van der Waals surface area (Å²) in [5.41, 5.74) is 0. The number of hydrogen-bond acceptors (Lipinski definition) is 3. The first-order chi connectivity index (χ1) is 9.56. The molecule has 1 N–H and O–H groups in total. The molecule has 0 aliphatic heterocycles. The Morgan fingerprint density at radius 1 is 1.25 bits per heavy atom. The molecule has 1 atom stereocenters. The van der Waals surface area contributed by atoms with Gasteiger partial charge in [0.05, 0.1) is 0 Å². The van der Waals surface area contributed by atoms with E-state index in [1.807, 2.05) is 6.20 Å². The lowest BCUT2D eigenvalue weighted by Gasteiger charge is -2.20. The fraction of sp³-hybridized carbons (Fsp3) is 0.812. The van der Waals surface area contributed by atoms with Crippen molar-refractivity contribution >= 4 is 5.95 Å². The Morgan fingerprint density at radius 2 is 1.95 bits per heavy atom. The molecule has 0 amide bonds. The van der Waals surface area contributed by atoms with Crippen LogP contribution in [0.4, 0.5) is 5.95 Å². The van der Waals surface area contributed by atoms with Crippen LogP contribution in [0.1, 0.15) is 47.5 Å². The second-order valence-corrected chi connectivity index (χ2v) is 6.01. The highest BCUT2D eigenvalue weighted by atomic mass is 15.2. The molecule has 0 aliphatic rings. The minimum Gasteiger partial charge on any atom is -0.353 e. The van der Waals surface area contributed by atoms with Gasteiger partial charge in [-0.25, -0.2) is 4.98 Å². The van der Waals surface area contributed by atoms with Gasteiger partial charge in [-0.05, 0) is 45.3 Å². The zero-order valence-corrected chi connectivity index (χ0v) is 13.9. The number of nitrogens with one attached hydrogen (secondary N) is 1. The van der Waals surface area contributed by atoms with Crippen molar-refractivity contribution < 1.29 is 0 Å². The third-order valence-corrected chi connectivity index (χ3v) is 3.66. The fourth-order valence-electron chi connectivity index (χ4n) is 2.44. The molecule has 20 heavy (non-hydrogen) atoms. The summed E-state index contributed by atoms with van der Waals surface area (Å²) in [6.45, 7) is 15.7. The predicted octanol–water partition coefficient (Wildman–Crippen LogP) is 3.46. The topological polar surface area (TPSA) is 33.1 Å². The summed E-state index contributed by atoms with van der Waals surface area (Å²) in [6, 6.07) is 0.471. The number of hydrogen-bond donors (Lipinski definition) is 1. The van der Waals surface area contributed by atoms with Gasteiger partial charge in [0.15, 0.2) is 0 Å². The van der Waals surface area contributed by atoms with E-state index in [0.29, 0.717) is 12.0 Å². The summed E-state index contributed by atoms with van der Waals surface area (Å²) >= 11 is 0. The van der Waals surface area contributed by atoms with Gasteiger partial charge in [-0.1, -0.05) is 27.7 Å². The fourth-order valence-corrected chi connectivity index (χ4v) is 2.44. The van der Waals surface area contributed by atoms with Gasteiger partial charge < -0.3 is 14.8 Å². The molecule has 0 fully saturated rings. The Morgan fingerprint density at radius 3 is 2.55 bits per heavy atom. The van der Waals surface area contributed by atoms with Crippen molar-refractivity contribution in [2.75, 3.05) is 25.0 Å². The van der Waals surface area contributed by atoms with Crippen LogP contribution in [0.2, 0.25) is 0 Å². The Balaban J connectivity index is 2.35. The number of aromatic nitrogens is 2. The lowest BCUT2D eigenvalue weighted by molar-refractivity contribution is 0.295. The molecule has 0 aliphatic carbocycles. The van der Waals surface area contributed by atoms with E-state index in [4.69, 9.17) is 0 Å². The maximum absolute atomic E-state index is 4.43. The second kappa shape index (κ2) is 9.01. The molecule has 4 heteroatoms. The molecule has 0 saturated carbocycles. The average molecular weight is 280 g/mol. The second-order valence-electron chi connectivity index (χ2n) is 6.01. The van der Waals surface area contributed by atoms with Crippen LogP contribution >= 0.6 is 0 Å². The minimum absolute atomic E-state index is 0.471. The molecule has 1 aromatic heterocycles. The molecule has 1 rings (SSSR count). The number of nitrogens with zero attached hydrogens (tertiary/aromatic N) is 3. The van der Waals surface area contributed by atoms with Crippen LogP contribution in [0.5, 0.6) is 0 Å². The largest absolute Gasteiger partial charge is 0.353 e. The van der Waals surface area contributed by atoms with Crippen LogP contribution in [-0.4, -0.2) is 40.1 Å². The van der Waals surface area contributed by atoms with Crippen molar-refractivity contribution in [3.05, 3.63) is 12.4 Å². The number of rotatable bonds is 10. The maximum atomic E-state index is 4.43. The van der Waals surface area contributed by atoms with E-state index >= 15 is 0 Å². The highest BCUT2D eigenvalue weighted by Crippen LogP contribution is 2.11. The summed E-state index contributed by atoms with van der Waals surface area (Å²) in [5, 5.41) is 3.54. The average Bonchev–Trinajstić information content (AvgIpc) is 2.81. The van der Waals surface area contributed by atoms with Crippen LogP contribution in [0.25, 0.3) is 0 Å². The number of imidazole rings is 1. The lowest BCUT2D eigenvalue weighted by Crippen LogP contribution is -2.26. The maximum Gasteiger partial charge on any atom is 0.202 e. The van der Waals surface area contributed by atoms with Crippen LogP contribution in [0, 0.1) is 5.92 Å². The predicted molar refractivity (Wildman–Crippen MR) is 87.2 cm³/mol. The van der Waals surface area contributed by atoms with Crippen LogP contribution < -0.4 is 5.32 Å². The van der Waals surface area contributed by atoms with Crippen molar-refractivity contribution in [1.82, 2.24) is 14.5 Å². The molecule has 4 nitrogen and oxygen atoms in total. The minimum atomic E-state index is 0.471. The summed E-state index contributed by atoms with van der Waals surface area (Å²) in [5.74, 6) is 1.65. The Bertz CT molecular complexity index is 355. The molecule has 116 valence electrons. The molecule has 0 spiro atoms. The Kier molecular flexibility index (Phi) is 7.67. The van der Waals surface area contributed by atoms with Crippen LogP contribution in [0.3, 0.4) is 0 Å². The SMILES string of the molecule is CCN(CC)CCCC(C)Nc1nccn1CC(C)C. The lowest BCUT2D eigenvalue weighted by atomic mass is 10.2. The van der Waals surface area contributed by atoms with Crippen LogP contribution in [-0.2, 0) is 6.54 Å². The molecule has 0 aromatic carbocycles. The van der Waals surface area contributed by atoms with Gasteiger partial charge in [0.1, 0.15) is 0 Å². The molecule has 1 unspecified atom stereocenters. The van der Waals surface area contributed by atoms with E-state index in [1.54, 1.807) is 0 Å². The summed E-state index contributed by atoms with van der Waals surface area (Å²) in [4.78, 5) is 6.90. The van der Waals surface area contributed by atoms with Gasteiger partial charge in [0, 0.05) is 25.0 Å². The van der Waals surface area contributed by atoms with Gasteiger partial charge in [-0.3, -0.25) is 0 Å². The Labute approximate surface area is 124 Å². The molecular formula is C16H32N4. The van der Waals surface area contributed by atoms with E-state index < -0.39 is 0 Å². The first-order valence-electron chi connectivity index (χ1n) is 8.06. The van der Waals surface area contributed by atoms with Crippen molar-refractivity contribution in [2.45, 2.75) is 60.0 Å². The van der Waals surface area contributed by atoms with Gasteiger partial charge >= 0.3 is 0 Å². The zero-order chi connectivity index (χ0) is 15.0. The third-order valence-electron chi connectivity index (χ3n) is 3.66. The van der Waals surface area contributed by atoms with E-state index in [2.05, 4.69) is 60.6 Å². The van der Waals surface area contributed by atoms with Crippen LogP contribution in [0.15, 0.2) is 12.4 Å². The first-order valence-corrected chi connectivity index (χ1v) is 8.06. The van der Waals surface area contributed by atoms with E-state index in [9.17, 15) is 0 Å². The quantitative estimate of drug-likeness (QED) is 0.712. The van der Waals surface area contributed by atoms with Crippen molar-refractivity contribution in [3.8, 4) is 0 Å². The molecule has 0 saturated heterocycles. The molecule has 0 radical (unpaired) electrons. The molecule has 1 heterocycles. The normalized spacial score (nSPS) is 13.2. The summed E-state index contributed by atoms with van der Waals surface area (Å²) < 4.78 is 2.21. The molecular weight excluding hydrogens is 248 g/mol. The Hall–Kier alpha value is -1.03. The molecule has 1 aromatic rings. The summed E-state index contributed by atoms with van der Waals surface area (Å²) in [6.07, 6.45) is 6.37. The molecule has 0 bridgehead atoms. The van der Waals surface area contributed by atoms with Gasteiger partial charge in [-0.15, -0.1) is 0 Å². The highest BCUT2D eigenvalue weighted by molar-refractivity contribution is 5.27. The zero-order valence-electron chi connectivity index (χ0n) is 13.9. The van der Waals surface area contributed by atoms with Gasteiger partial charge in [-0.2, -0.15) is 0 Å². The third kappa shape index (κ3) is 5.95. The summed E-state index contributed by atoms with van der Waals surface area (Å²) in [7, 11) is 0. The standard InChI is InChI=1S/C16H32N4/c1-6-19(7-2)11-8-9-15(5)18-16-17-10-12-20(16)13-14(3)4/h10,12,14-15H,6-9,11,13H2,1-5H3,(H,17,18). The van der Waals surface area contributed by atoms with E-state index in [0.717, 1.165) is 25.6 Å². The van der Waals surface area contributed by atoms with Gasteiger partial charge in [0.25, 0.3) is 0 Å². The number of anilines is 1. The van der Waals surface area contributed by atoms with Gasteiger partial charge in [0.2, 0.25) is 5.95 Å². The van der Waals surface area contributed by atoms with E-state index in [-0.39, 0.29) is 0 Å².